The maximum atomic E-state index is 14.1. The summed E-state index contributed by atoms with van der Waals surface area (Å²) in [6.07, 6.45) is -8.23. The van der Waals surface area contributed by atoms with Crippen LogP contribution in [0.1, 0.15) is 123 Å². The van der Waals surface area contributed by atoms with Crippen LogP contribution < -0.4 is 31.3 Å². The molecular formula is C47H64N5O19P. The molecule has 0 bridgehead atoms. The van der Waals surface area contributed by atoms with Gasteiger partial charge in [0.2, 0.25) is 35.3 Å². The maximum absolute atomic E-state index is 14.1. The van der Waals surface area contributed by atoms with Crippen LogP contribution in [0.25, 0.3) is 0 Å². The molecule has 10 unspecified atom stereocenters. The molecule has 0 radical (unpaired) electrons. The highest BCUT2D eigenvalue weighted by Crippen LogP contribution is 2.52. The Morgan fingerprint density at radius 1 is 0.819 bits per heavy atom. The number of hydrogen-bond acceptors (Lipinski definition) is 17. The Kier molecular flexibility index (Phi) is 18.2. The van der Waals surface area contributed by atoms with Gasteiger partial charge in [-0.15, -0.1) is 0 Å². The van der Waals surface area contributed by atoms with Crippen LogP contribution in [-0.2, 0) is 49.2 Å². The summed E-state index contributed by atoms with van der Waals surface area (Å²) in [5.74, 6) is -9.16. The van der Waals surface area contributed by atoms with E-state index >= 15 is 0 Å². The summed E-state index contributed by atoms with van der Waals surface area (Å²) < 4.78 is 28.8. The molecule has 25 heteroatoms. The Labute approximate surface area is 414 Å². The van der Waals surface area contributed by atoms with Gasteiger partial charge in [0.15, 0.2) is 17.9 Å². The molecule has 5 amide bonds. The van der Waals surface area contributed by atoms with E-state index in [2.05, 4.69) is 26.6 Å². The molecule has 0 aromatic heterocycles. The van der Waals surface area contributed by atoms with Gasteiger partial charge in [-0.05, 0) is 51.5 Å². The number of benzene rings is 2. The lowest BCUT2D eigenvalue weighted by Crippen LogP contribution is -2.60. The number of aliphatic hydroxyl groups is 3. The summed E-state index contributed by atoms with van der Waals surface area (Å²) in [4.78, 5) is 125. The molecule has 1 fully saturated rings. The number of ether oxygens (including phenoxy) is 3. The maximum Gasteiger partial charge on any atom is 0.334 e. The van der Waals surface area contributed by atoms with Gasteiger partial charge in [-0.25, -0.2) is 0 Å². The summed E-state index contributed by atoms with van der Waals surface area (Å²) in [5.41, 5.74) is -4.57. The normalized spacial score (nSPS) is 23.3. The highest BCUT2D eigenvalue weighted by Gasteiger charge is 2.50. The Balaban J connectivity index is 1.34. The van der Waals surface area contributed by atoms with Crippen molar-refractivity contribution in [2.24, 2.45) is 11.8 Å². The average Bonchev–Trinajstić information content (AvgIpc) is 3.28. The fraction of sp³-hybridized carbons (Fsp3) is 0.574. The predicted octanol–water partition coefficient (Wildman–Crippen LogP) is -0.592. The van der Waals surface area contributed by atoms with Gasteiger partial charge in [0.05, 0.1) is 42.0 Å². The molecule has 1 saturated heterocycles. The zero-order chi connectivity index (χ0) is 53.9. The summed E-state index contributed by atoms with van der Waals surface area (Å²) in [6.45, 7) is 9.94. The summed E-state index contributed by atoms with van der Waals surface area (Å²) in [7, 11) is -3.45. The number of phenols is 2. The average molecular weight is 1030 g/mol. The SMILES string of the molecule is COc1cccc2c1C(=O)c1c(O)c3c(c(O)c1C2=O)CC(O)(C(=O)CO)CC3OC1CC(NC(=O)C(CC(C)C)NC(=O)C(C)NC(=O)C(CC(C)C)NC(=O)C(C)NC(=O)CP(=O)(O)O)C(O)C(C)O1. The van der Waals surface area contributed by atoms with Gasteiger partial charge in [-0.2, -0.15) is 0 Å². The summed E-state index contributed by atoms with van der Waals surface area (Å²) >= 11 is 0. The lowest BCUT2D eigenvalue weighted by Gasteiger charge is -2.43. The Bertz CT molecular complexity index is 2530. The lowest BCUT2D eigenvalue weighted by molar-refractivity contribution is -0.249. The Hall–Kier alpha value is -5.85. The van der Waals surface area contributed by atoms with Gasteiger partial charge >= 0.3 is 7.60 Å². The van der Waals surface area contributed by atoms with E-state index < -0.39 is 163 Å². The summed E-state index contributed by atoms with van der Waals surface area (Å²) in [5, 5.41) is 68.9. The number of fused-ring (bicyclic) bond motifs is 3. The number of ketones is 3. The molecular weight excluding hydrogens is 970 g/mol. The lowest BCUT2D eigenvalue weighted by atomic mass is 9.72. The van der Waals surface area contributed by atoms with Gasteiger partial charge in [-0.3, -0.25) is 42.9 Å². The van der Waals surface area contributed by atoms with Crippen LogP contribution in [0.2, 0.25) is 0 Å². The number of aromatic hydroxyl groups is 2. The number of rotatable bonds is 20. The number of phenolic OH excluding ortho intramolecular Hbond substituents is 2. The van der Waals surface area contributed by atoms with E-state index in [1.807, 2.05) is 0 Å². The Morgan fingerprint density at radius 2 is 1.39 bits per heavy atom. The highest BCUT2D eigenvalue weighted by atomic mass is 31.2. The number of hydrogen-bond donors (Lipinski definition) is 12. The molecule has 3 aliphatic rings. The van der Waals surface area contributed by atoms with Crippen molar-refractivity contribution in [1.29, 1.82) is 0 Å². The van der Waals surface area contributed by atoms with E-state index in [0.29, 0.717) is 0 Å². The minimum atomic E-state index is -4.72. The highest BCUT2D eigenvalue weighted by molar-refractivity contribution is 7.52. The van der Waals surface area contributed by atoms with Crippen molar-refractivity contribution >= 4 is 54.5 Å². The second kappa shape index (κ2) is 22.9. The van der Waals surface area contributed by atoms with Crippen molar-refractivity contribution < 1.29 is 92.5 Å². The molecule has 12 N–H and O–H groups in total. The topological polar surface area (TPSA) is 383 Å². The van der Waals surface area contributed by atoms with Crippen molar-refractivity contribution in [3.05, 3.63) is 51.6 Å². The number of nitrogens with one attached hydrogen (secondary N) is 5. The summed E-state index contributed by atoms with van der Waals surface area (Å²) in [6, 6.07) is -2.05. The molecule has 2 aliphatic carbocycles. The van der Waals surface area contributed by atoms with Crippen LogP contribution in [0.15, 0.2) is 18.2 Å². The van der Waals surface area contributed by atoms with Crippen LogP contribution in [0.4, 0.5) is 0 Å². The minimum Gasteiger partial charge on any atom is -0.507 e. The second-order valence-corrected chi connectivity index (χ2v) is 21.0. The van der Waals surface area contributed by atoms with E-state index in [1.165, 1.54) is 46.1 Å². The number of carbonyl (C=O) groups is 8. The van der Waals surface area contributed by atoms with Gasteiger partial charge in [0, 0.05) is 36.0 Å². The first kappa shape index (κ1) is 57.1. The van der Waals surface area contributed by atoms with E-state index in [1.54, 1.807) is 27.7 Å². The molecule has 2 aromatic rings. The van der Waals surface area contributed by atoms with Gasteiger partial charge < -0.3 is 76.1 Å². The smallest absolute Gasteiger partial charge is 0.334 e. The monoisotopic (exact) mass is 1030 g/mol. The molecule has 24 nitrogen and oxygen atoms in total. The zero-order valence-corrected chi connectivity index (χ0v) is 41.9. The quantitative estimate of drug-likeness (QED) is 0.0497. The van der Waals surface area contributed by atoms with Crippen LogP contribution in [0.3, 0.4) is 0 Å². The van der Waals surface area contributed by atoms with E-state index in [-0.39, 0.29) is 59.1 Å². The fourth-order valence-corrected chi connectivity index (χ4v) is 9.53. The standard InChI is InChI=1S/C47H64N5O19P/c1-19(2)12-27(51-43(61)21(5)48-32(55)18-72(66,67)68)45(63)49-22(6)44(62)52-28(13-20(3)4)46(64)50-26-14-33(70-23(7)38(26)56)71-30-16-47(65,31(54)17-53)15-25-35(30)42(60)37-36(40(25)58)39(57)24-10-9-11-29(69-8)34(24)41(37)59/h9-11,19-23,26-28,30,33,38,53,56,58,60,65H,12-18H2,1-8H3,(H,48,55)(H,49,63)(H,50,64)(H,51,61)(H,52,62)(H2,66,67,68). The van der Waals surface area contributed by atoms with Crippen molar-refractivity contribution in [2.75, 3.05) is 19.9 Å². The number of aliphatic hydroxyl groups excluding tert-OH is 2. The number of amides is 5. The third kappa shape index (κ3) is 12.8. The zero-order valence-electron chi connectivity index (χ0n) is 41.0. The second-order valence-electron chi connectivity index (χ2n) is 19.3. The Morgan fingerprint density at radius 3 is 1.94 bits per heavy atom. The van der Waals surface area contributed by atoms with Crippen LogP contribution >= 0.6 is 7.60 Å². The number of carbonyl (C=O) groups excluding carboxylic acids is 8. The molecule has 5 rings (SSSR count). The van der Waals surface area contributed by atoms with Crippen molar-refractivity contribution in [3.63, 3.8) is 0 Å². The minimum absolute atomic E-state index is 0.00777. The molecule has 0 spiro atoms. The van der Waals surface area contributed by atoms with Gasteiger partial charge in [-0.1, -0.05) is 39.8 Å². The molecule has 2 aromatic carbocycles. The first-order valence-electron chi connectivity index (χ1n) is 23.3. The van der Waals surface area contributed by atoms with Crippen molar-refractivity contribution in [2.45, 2.75) is 141 Å². The number of Topliss-reactive ketones (excluding diaryl/α,β-unsaturated/α-hetero) is 1. The van der Waals surface area contributed by atoms with Crippen LogP contribution in [-0.4, -0.2) is 156 Å². The predicted molar refractivity (Wildman–Crippen MR) is 251 cm³/mol. The number of methoxy groups -OCH3 is 1. The van der Waals surface area contributed by atoms with Crippen LogP contribution in [0.5, 0.6) is 17.2 Å². The third-order valence-corrected chi connectivity index (χ3v) is 13.3. The van der Waals surface area contributed by atoms with Crippen molar-refractivity contribution in [3.8, 4) is 17.2 Å². The van der Waals surface area contributed by atoms with Crippen molar-refractivity contribution in [1.82, 2.24) is 26.6 Å². The van der Waals surface area contributed by atoms with E-state index in [0.717, 1.165) is 0 Å². The largest absolute Gasteiger partial charge is 0.507 e. The first-order chi connectivity index (χ1) is 33.5. The van der Waals surface area contributed by atoms with E-state index in [9.17, 15) is 68.5 Å². The molecule has 396 valence electrons. The molecule has 10 atom stereocenters. The molecule has 0 saturated carbocycles. The van der Waals surface area contributed by atoms with Gasteiger partial charge in [0.25, 0.3) is 0 Å². The molecule has 1 heterocycles. The first-order valence-corrected chi connectivity index (χ1v) is 25.1. The van der Waals surface area contributed by atoms with Gasteiger partial charge in [0.1, 0.15) is 65.9 Å². The third-order valence-electron chi connectivity index (χ3n) is 12.6. The molecule has 1 aliphatic heterocycles. The van der Waals surface area contributed by atoms with Crippen LogP contribution in [0, 0.1) is 11.8 Å². The molecule has 72 heavy (non-hydrogen) atoms. The van der Waals surface area contributed by atoms with E-state index in [4.69, 9.17) is 24.0 Å². The fourth-order valence-electron chi connectivity index (χ4n) is 9.06.